The van der Waals surface area contributed by atoms with E-state index in [0.29, 0.717) is 0 Å². The zero-order valence-corrected chi connectivity index (χ0v) is 11.0. The van der Waals surface area contributed by atoms with E-state index < -0.39 is 0 Å². The molecule has 1 aliphatic carbocycles. The fourth-order valence-corrected chi connectivity index (χ4v) is 1.90. The molecule has 0 aliphatic heterocycles. The van der Waals surface area contributed by atoms with Gasteiger partial charge >= 0.3 is 0 Å². The van der Waals surface area contributed by atoms with Crippen LogP contribution in [0.25, 0.3) is 5.53 Å². The Morgan fingerprint density at radius 3 is 2.24 bits per heavy atom. The maximum absolute atomic E-state index is 8.69. The van der Waals surface area contributed by atoms with Crippen molar-refractivity contribution in [1.29, 1.82) is 0 Å². The first-order valence-electron chi connectivity index (χ1n) is 6.66. The maximum Gasteiger partial charge on any atom is 0.295 e. The Labute approximate surface area is 104 Å². The van der Waals surface area contributed by atoms with E-state index in [-0.39, 0.29) is 0 Å². The third-order valence-corrected chi connectivity index (χ3v) is 3.02. The molecular weight excluding hydrogens is 210 g/mol. The van der Waals surface area contributed by atoms with Crippen LogP contribution in [-0.4, -0.2) is 28.5 Å². The molecule has 0 heterocycles. The molecule has 0 aromatic carbocycles. The summed E-state index contributed by atoms with van der Waals surface area (Å²) >= 11 is 0. The molecule has 17 heavy (non-hydrogen) atoms. The normalized spacial score (nSPS) is 14.5. The third kappa shape index (κ3) is 4.58. The van der Waals surface area contributed by atoms with Crippen LogP contribution < -0.4 is 0 Å². The van der Waals surface area contributed by atoms with Crippen molar-refractivity contribution in [2.45, 2.75) is 46.0 Å². The standard InChI is InChI=1S/C14H23N3/c1-3-5-11-17(12-6-4-2)14-9-7-13(16-15)8-10-14/h7,9-10H,3-6,8,11-12H2,1-2H3. The van der Waals surface area contributed by atoms with Crippen molar-refractivity contribution in [2.75, 3.05) is 13.1 Å². The molecule has 0 spiro atoms. The lowest BCUT2D eigenvalue weighted by molar-refractivity contribution is -0.00547. The first kappa shape index (κ1) is 13.7. The second-order valence-corrected chi connectivity index (χ2v) is 4.45. The first-order chi connectivity index (χ1) is 8.31. The summed E-state index contributed by atoms with van der Waals surface area (Å²) in [5, 5.41) is 0. The van der Waals surface area contributed by atoms with Crippen LogP contribution in [0, 0.1) is 0 Å². The van der Waals surface area contributed by atoms with E-state index in [1.165, 1.54) is 31.4 Å². The van der Waals surface area contributed by atoms with Crippen LogP contribution >= 0.6 is 0 Å². The number of rotatable bonds is 7. The molecule has 0 N–H and O–H groups in total. The summed E-state index contributed by atoms with van der Waals surface area (Å²) in [6.07, 6.45) is 11.8. The van der Waals surface area contributed by atoms with Gasteiger partial charge in [-0.2, -0.15) is 4.79 Å². The Bertz CT molecular complexity index is 327. The maximum atomic E-state index is 8.69. The number of unbranched alkanes of at least 4 members (excludes halogenated alkanes) is 2. The summed E-state index contributed by atoms with van der Waals surface area (Å²) in [5.74, 6) is 0. The van der Waals surface area contributed by atoms with Gasteiger partial charge in [0, 0.05) is 24.9 Å². The van der Waals surface area contributed by atoms with Crippen molar-refractivity contribution in [3.63, 3.8) is 0 Å². The highest BCUT2D eigenvalue weighted by molar-refractivity contribution is 5.92. The molecule has 0 bridgehead atoms. The fraction of sp³-hybridized carbons (Fsp3) is 0.643. The van der Waals surface area contributed by atoms with Gasteiger partial charge in [-0.1, -0.05) is 26.7 Å². The SMILES string of the molecule is CCCCN(CCCC)C1=CCC(=[N+]=[N-])C=C1. The summed E-state index contributed by atoms with van der Waals surface area (Å²) < 4.78 is 0. The smallest absolute Gasteiger partial charge is 0.295 e. The number of hydrogen-bond donors (Lipinski definition) is 0. The summed E-state index contributed by atoms with van der Waals surface area (Å²) in [5.41, 5.74) is 10.7. The molecule has 0 saturated heterocycles. The molecule has 0 atom stereocenters. The average Bonchev–Trinajstić information content (AvgIpc) is 2.39. The second kappa shape index (κ2) is 7.86. The Balaban J connectivity index is 2.60. The minimum Gasteiger partial charge on any atom is -0.372 e. The van der Waals surface area contributed by atoms with E-state index in [1.54, 1.807) is 0 Å². The van der Waals surface area contributed by atoms with Crippen LogP contribution in [0.5, 0.6) is 0 Å². The molecule has 1 rings (SSSR count). The predicted molar refractivity (Wildman–Crippen MR) is 71.9 cm³/mol. The van der Waals surface area contributed by atoms with Crippen molar-refractivity contribution in [1.82, 2.24) is 4.90 Å². The Morgan fingerprint density at radius 1 is 1.18 bits per heavy atom. The van der Waals surface area contributed by atoms with Crippen molar-refractivity contribution in [3.8, 4) is 0 Å². The van der Waals surface area contributed by atoms with Crippen molar-refractivity contribution < 1.29 is 4.79 Å². The van der Waals surface area contributed by atoms with Crippen LogP contribution in [0.15, 0.2) is 23.9 Å². The van der Waals surface area contributed by atoms with Crippen molar-refractivity contribution >= 4 is 5.71 Å². The van der Waals surface area contributed by atoms with Crippen molar-refractivity contribution in [2.24, 2.45) is 0 Å². The Morgan fingerprint density at radius 2 is 1.82 bits per heavy atom. The molecule has 0 unspecified atom stereocenters. The van der Waals surface area contributed by atoms with Crippen LogP contribution in [0.1, 0.15) is 46.0 Å². The van der Waals surface area contributed by atoms with Gasteiger partial charge in [-0.05, 0) is 25.0 Å². The van der Waals surface area contributed by atoms with E-state index in [4.69, 9.17) is 5.53 Å². The highest BCUT2D eigenvalue weighted by Gasteiger charge is 2.12. The van der Waals surface area contributed by atoms with Crippen LogP contribution in [-0.2, 0) is 0 Å². The van der Waals surface area contributed by atoms with Crippen LogP contribution in [0.4, 0.5) is 0 Å². The van der Waals surface area contributed by atoms with Crippen molar-refractivity contribution in [3.05, 3.63) is 29.5 Å². The molecule has 0 aromatic rings. The molecule has 0 fully saturated rings. The first-order valence-corrected chi connectivity index (χ1v) is 6.66. The monoisotopic (exact) mass is 233 g/mol. The minimum absolute atomic E-state index is 0.733. The summed E-state index contributed by atoms with van der Waals surface area (Å²) in [4.78, 5) is 5.67. The molecule has 0 saturated carbocycles. The molecular formula is C14H23N3. The quantitative estimate of drug-likeness (QED) is 0.490. The fourth-order valence-electron chi connectivity index (χ4n) is 1.90. The van der Waals surface area contributed by atoms with E-state index in [0.717, 1.165) is 25.2 Å². The topological polar surface area (TPSA) is 39.6 Å². The van der Waals surface area contributed by atoms with Crippen LogP contribution in [0.3, 0.4) is 0 Å². The van der Waals surface area contributed by atoms with E-state index in [9.17, 15) is 0 Å². The molecule has 0 radical (unpaired) electrons. The lowest BCUT2D eigenvalue weighted by Crippen LogP contribution is -2.25. The molecule has 0 amide bonds. The summed E-state index contributed by atoms with van der Waals surface area (Å²) in [6, 6.07) is 0. The highest BCUT2D eigenvalue weighted by Crippen LogP contribution is 2.14. The highest BCUT2D eigenvalue weighted by atomic mass is 15.1. The third-order valence-electron chi connectivity index (χ3n) is 3.02. The number of nitrogens with zero attached hydrogens (tertiary/aromatic N) is 3. The minimum atomic E-state index is 0.733. The summed E-state index contributed by atoms with van der Waals surface area (Å²) in [7, 11) is 0. The predicted octanol–water partition coefficient (Wildman–Crippen LogP) is 3.40. The number of hydrogen-bond acceptors (Lipinski definition) is 1. The van der Waals surface area contributed by atoms with E-state index in [1.807, 2.05) is 6.08 Å². The zero-order valence-electron chi connectivity index (χ0n) is 11.0. The van der Waals surface area contributed by atoms with Gasteiger partial charge in [0.25, 0.3) is 5.71 Å². The van der Waals surface area contributed by atoms with Gasteiger partial charge < -0.3 is 10.4 Å². The van der Waals surface area contributed by atoms with Gasteiger partial charge in [-0.3, -0.25) is 0 Å². The van der Waals surface area contributed by atoms with E-state index >= 15 is 0 Å². The molecule has 1 aliphatic rings. The molecule has 94 valence electrons. The van der Waals surface area contributed by atoms with E-state index in [2.05, 4.69) is 35.7 Å². The molecule has 3 heteroatoms. The van der Waals surface area contributed by atoms with Gasteiger partial charge in [0.2, 0.25) is 0 Å². The Kier molecular flexibility index (Phi) is 6.34. The second-order valence-electron chi connectivity index (χ2n) is 4.45. The molecule has 0 aromatic heterocycles. The lowest BCUT2D eigenvalue weighted by atomic mass is 10.1. The Hall–Kier alpha value is -1.34. The largest absolute Gasteiger partial charge is 0.372 e. The zero-order chi connectivity index (χ0) is 12.5. The van der Waals surface area contributed by atoms with Gasteiger partial charge in [0.1, 0.15) is 0 Å². The van der Waals surface area contributed by atoms with Gasteiger partial charge in [0.05, 0.1) is 6.42 Å². The summed E-state index contributed by atoms with van der Waals surface area (Å²) in [6.45, 7) is 6.69. The number of allylic oxidation sites excluding steroid dienone is 3. The lowest BCUT2D eigenvalue weighted by Gasteiger charge is -2.26. The van der Waals surface area contributed by atoms with Gasteiger partial charge in [-0.25, -0.2) is 0 Å². The van der Waals surface area contributed by atoms with Gasteiger partial charge in [-0.15, -0.1) is 0 Å². The molecule has 3 nitrogen and oxygen atoms in total. The van der Waals surface area contributed by atoms with Gasteiger partial charge in [0.15, 0.2) is 0 Å². The average molecular weight is 233 g/mol. The van der Waals surface area contributed by atoms with Crippen LogP contribution in [0.2, 0.25) is 0 Å².